The van der Waals surface area contributed by atoms with E-state index in [1.165, 1.54) is 0 Å². The molecule has 21 heavy (non-hydrogen) atoms. The number of rotatable bonds is 6. The first kappa shape index (κ1) is 15.0. The van der Waals surface area contributed by atoms with Crippen LogP contribution < -0.4 is 15.5 Å². The zero-order valence-electron chi connectivity index (χ0n) is 12.8. The summed E-state index contributed by atoms with van der Waals surface area (Å²) in [6.45, 7) is 3.01. The SMILES string of the molecule is CCCCN(c1ccccc1)c1nc(N)nc(N(C)C)n1. The van der Waals surface area contributed by atoms with Crippen LogP contribution in [-0.4, -0.2) is 35.6 Å². The Bertz CT molecular complexity index is 570. The number of hydrogen-bond donors (Lipinski definition) is 1. The summed E-state index contributed by atoms with van der Waals surface area (Å²) in [5, 5.41) is 0. The van der Waals surface area contributed by atoms with Gasteiger partial charge in [-0.25, -0.2) is 0 Å². The molecule has 0 spiro atoms. The topological polar surface area (TPSA) is 71.2 Å². The highest BCUT2D eigenvalue weighted by atomic mass is 15.3. The van der Waals surface area contributed by atoms with Crippen LogP contribution in [0.5, 0.6) is 0 Å². The van der Waals surface area contributed by atoms with Crippen molar-refractivity contribution in [3.05, 3.63) is 30.3 Å². The van der Waals surface area contributed by atoms with Crippen molar-refractivity contribution in [1.29, 1.82) is 0 Å². The molecule has 1 heterocycles. The molecular weight excluding hydrogens is 264 g/mol. The summed E-state index contributed by atoms with van der Waals surface area (Å²) >= 11 is 0. The van der Waals surface area contributed by atoms with Crippen LogP contribution in [0.4, 0.5) is 23.5 Å². The van der Waals surface area contributed by atoms with Crippen LogP contribution in [-0.2, 0) is 0 Å². The summed E-state index contributed by atoms with van der Waals surface area (Å²) in [6, 6.07) is 10.1. The van der Waals surface area contributed by atoms with Gasteiger partial charge in [0.15, 0.2) is 0 Å². The number of nitrogen functional groups attached to an aromatic ring is 1. The van der Waals surface area contributed by atoms with Gasteiger partial charge in [0.05, 0.1) is 0 Å². The predicted octanol–water partition coefficient (Wildman–Crippen LogP) is 2.46. The fraction of sp³-hybridized carbons (Fsp3) is 0.400. The Balaban J connectivity index is 2.41. The van der Waals surface area contributed by atoms with Gasteiger partial charge in [0.2, 0.25) is 17.8 Å². The highest BCUT2D eigenvalue weighted by molar-refractivity contribution is 5.58. The van der Waals surface area contributed by atoms with Gasteiger partial charge in [-0.3, -0.25) is 0 Å². The normalized spacial score (nSPS) is 10.4. The number of anilines is 4. The Kier molecular flexibility index (Phi) is 4.92. The number of para-hydroxylation sites is 1. The molecule has 0 saturated heterocycles. The maximum absolute atomic E-state index is 5.83. The summed E-state index contributed by atoms with van der Waals surface area (Å²) in [5.74, 6) is 1.39. The second-order valence-electron chi connectivity index (χ2n) is 5.03. The average Bonchev–Trinajstić information content (AvgIpc) is 2.48. The molecule has 0 aliphatic heterocycles. The van der Waals surface area contributed by atoms with Crippen molar-refractivity contribution in [1.82, 2.24) is 15.0 Å². The molecule has 0 bridgehead atoms. The summed E-state index contributed by atoms with van der Waals surface area (Å²) in [6.07, 6.45) is 2.15. The molecule has 2 rings (SSSR count). The maximum atomic E-state index is 5.83. The molecule has 1 aromatic heterocycles. The number of hydrogen-bond acceptors (Lipinski definition) is 6. The summed E-state index contributed by atoms with van der Waals surface area (Å²) in [4.78, 5) is 16.9. The minimum absolute atomic E-state index is 0.237. The first-order valence-electron chi connectivity index (χ1n) is 7.13. The minimum atomic E-state index is 0.237. The third-order valence-corrected chi connectivity index (χ3v) is 3.07. The first-order chi connectivity index (χ1) is 10.1. The molecule has 112 valence electrons. The van der Waals surface area contributed by atoms with Gasteiger partial charge in [-0.15, -0.1) is 0 Å². The number of unbranched alkanes of at least 4 members (excludes halogenated alkanes) is 1. The van der Waals surface area contributed by atoms with E-state index in [1.807, 2.05) is 49.3 Å². The number of aromatic nitrogens is 3. The van der Waals surface area contributed by atoms with E-state index in [0.717, 1.165) is 25.1 Å². The van der Waals surface area contributed by atoms with E-state index in [1.54, 1.807) is 0 Å². The van der Waals surface area contributed by atoms with Crippen LogP contribution >= 0.6 is 0 Å². The van der Waals surface area contributed by atoms with Crippen molar-refractivity contribution in [2.45, 2.75) is 19.8 Å². The van der Waals surface area contributed by atoms with Gasteiger partial charge in [0.1, 0.15) is 0 Å². The Hall–Kier alpha value is -2.37. The van der Waals surface area contributed by atoms with Gasteiger partial charge in [0, 0.05) is 26.3 Å². The standard InChI is InChI=1S/C15H22N6/c1-4-5-11-21(12-9-7-6-8-10-12)15-18-13(16)17-14(19-15)20(2)3/h6-10H,4-5,11H2,1-3H3,(H2,16,17,18,19). The smallest absolute Gasteiger partial charge is 0.236 e. The number of benzene rings is 1. The lowest BCUT2D eigenvalue weighted by Gasteiger charge is -2.23. The lowest BCUT2D eigenvalue weighted by Crippen LogP contribution is -2.23. The van der Waals surface area contributed by atoms with Crippen molar-refractivity contribution in [2.24, 2.45) is 0 Å². The highest BCUT2D eigenvalue weighted by Gasteiger charge is 2.15. The van der Waals surface area contributed by atoms with Gasteiger partial charge in [0.25, 0.3) is 0 Å². The zero-order valence-corrected chi connectivity index (χ0v) is 12.8. The molecule has 6 heteroatoms. The predicted molar refractivity (Wildman–Crippen MR) is 86.9 cm³/mol. The number of nitrogens with zero attached hydrogens (tertiary/aromatic N) is 5. The fourth-order valence-corrected chi connectivity index (χ4v) is 1.96. The summed E-state index contributed by atoms with van der Waals surface area (Å²) in [7, 11) is 3.77. The van der Waals surface area contributed by atoms with Crippen molar-refractivity contribution < 1.29 is 0 Å². The first-order valence-corrected chi connectivity index (χ1v) is 7.13. The van der Waals surface area contributed by atoms with Crippen LogP contribution in [0, 0.1) is 0 Å². The van der Waals surface area contributed by atoms with E-state index in [-0.39, 0.29) is 5.95 Å². The third-order valence-electron chi connectivity index (χ3n) is 3.07. The molecule has 0 saturated carbocycles. The minimum Gasteiger partial charge on any atom is -0.368 e. The van der Waals surface area contributed by atoms with Crippen molar-refractivity contribution in [3.8, 4) is 0 Å². The van der Waals surface area contributed by atoms with E-state index in [4.69, 9.17) is 5.73 Å². The van der Waals surface area contributed by atoms with Gasteiger partial charge in [-0.2, -0.15) is 15.0 Å². The summed E-state index contributed by atoms with van der Waals surface area (Å²) < 4.78 is 0. The molecule has 0 radical (unpaired) electrons. The average molecular weight is 286 g/mol. The van der Waals surface area contributed by atoms with Crippen molar-refractivity contribution in [3.63, 3.8) is 0 Å². The molecule has 0 fully saturated rings. The van der Waals surface area contributed by atoms with Crippen LogP contribution in [0.1, 0.15) is 19.8 Å². The van der Waals surface area contributed by atoms with Crippen LogP contribution in [0.15, 0.2) is 30.3 Å². The van der Waals surface area contributed by atoms with Crippen LogP contribution in [0.3, 0.4) is 0 Å². The van der Waals surface area contributed by atoms with E-state index in [9.17, 15) is 0 Å². The molecule has 0 amide bonds. The Morgan fingerprint density at radius 2 is 1.67 bits per heavy atom. The second kappa shape index (κ2) is 6.88. The van der Waals surface area contributed by atoms with Crippen molar-refractivity contribution >= 4 is 23.5 Å². The van der Waals surface area contributed by atoms with Gasteiger partial charge < -0.3 is 15.5 Å². The van der Waals surface area contributed by atoms with Gasteiger partial charge in [-0.1, -0.05) is 31.5 Å². The molecule has 0 unspecified atom stereocenters. The fourth-order valence-electron chi connectivity index (χ4n) is 1.96. The Labute approximate surface area is 125 Å². The Morgan fingerprint density at radius 3 is 2.29 bits per heavy atom. The Morgan fingerprint density at radius 1 is 1.00 bits per heavy atom. The second-order valence-corrected chi connectivity index (χ2v) is 5.03. The van der Waals surface area contributed by atoms with Crippen LogP contribution in [0.2, 0.25) is 0 Å². The molecule has 2 N–H and O–H groups in total. The maximum Gasteiger partial charge on any atom is 0.236 e. The summed E-state index contributed by atoms with van der Waals surface area (Å²) in [5.41, 5.74) is 6.88. The van der Waals surface area contributed by atoms with Crippen LogP contribution in [0.25, 0.3) is 0 Å². The lowest BCUT2D eigenvalue weighted by atomic mass is 10.2. The lowest BCUT2D eigenvalue weighted by molar-refractivity contribution is 0.767. The largest absolute Gasteiger partial charge is 0.368 e. The van der Waals surface area contributed by atoms with Gasteiger partial charge >= 0.3 is 0 Å². The highest BCUT2D eigenvalue weighted by Crippen LogP contribution is 2.24. The van der Waals surface area contributed by atoms with Crippen molar-refractivity contribution in [2.75, 3.05) is 36.2 Å². The van der Waals surface area contributed by atoms with E-state index in [2.05, 4.69) is 26.8 Å². The third kappa shape index (κ3) is 3.81. The molecule has 0 aliphatic carbocycles. The molecular formula is C15H22N6. The molecule has 0 aliphatic rings. The van der Waals surface area contributed by atoms with Gasteiger partial charge in [-0.05, 0) is 18.6 Å². The molecule has 0 atom stereocenters. The molecule has 2 aromatic rings. The molecule has 6 nitrogen and oxygen atoms in total. The van der Waals surface area contributed by atoms with E-state index in [0.29, 0.717) is 11.9 Å². The number of nitrogens with two attached hydrogens (primary N) is 1. The monoisotopic (exact) mass is 286 g/mol. The quantitative estimate of drug-likeness (QED) is 0.879. The van der Waals surface area contributed by atoms with E-state index >= 15 is 0 Å². The molecule has 1 aromatic carbocycles. The van der Waals surface area contributed by atoms with E-state index < -0.39 is 0 Å². The zero-order chi connectivity index (χ0) is 15.2.